The van der Waals surface area contributed by atoms with Gasteiger partial charge in [-0.2, -0.15) is 0 Å². The van der Waals surface area contributed by atoms with E-state index in [1.165, 1.54) is 38.3 Å². The number of hydrogen-bond acceptors (Lipinski definition) is 3. The van der Waals surface area contributed by atoms with E-state index in [2.05, 4.69) is 34.1 Å². The first-order chi connectivity index (χ1) is 9.15. The Balaban J connectivity index is 1.78. The van der Waals surface area contributed by atoms with Crippen LogP contribution in [0.25, 0.3) is 0 Å². The highest BCUT2D eigenvalue weighted by molar-refractivity contribution is 7.80. The fourth-order valence-electron chi connectivity index (χ4n) is 3.35. The Hall–Kier alpha value is 0.0400. The van der Waals surface area contributed by atoms with Crippen LogP contribution in [0.15, 0.2) is 0 Å². The van der Waals surface area contributed by atoms with Crippen LogP contribution < -0.4 is 10.6 Å². The molecular formula is C13H27N4PS. The summed E-state index contributed by atoms with van der Waals surface area (Å²) in [6.07, 6.45) is 8.11. The first-order valence-electron chi connectivity index (χ1n) is 7.33. The summed E-state index contributed by atoms with van der Waals surface area (Å²) >= 11 is 5.10. The van der Waals surface area contributed by atoms with Crippen LogP contribution in [-0.4, -0.2) is 60.4 Å². The maximum atomic E-state index is 5.10. The maximum absolute atomic E-state index is 5.10. The van der Waals surface area contributed by atoms with Crippen LogP contribution in [0.3, 0.4) is 0 Å². The standard InChI is InChI=1S/C13H27N4PS/c1-14-13(19)15-9-6-10-18-16(2)11-7-4-5-8-12(11)17(18)3/h11-12H,4-10H2,1-3H3,(H2,14,15,19)/t11-,12-/m1/s1. The Labute approximate surface area is 124 Å². The van der Waals surface area contributed by atoms with Crippen molar-refractivity contribution >= 4 is 25.6 Å². The van der Waals surface area contributed by atoms with Crippen LogP contribution in [0, 0.1) is 0 Å². The number of fused-ring (bicyclic) bond motifs is 1. The molecule has 1 heterocycles. The van der Waals surface area contributed by atoms with E-state index in [0.717, 1.165) is 23.7 Å². The number of hydrogen-bond donors (Lipinski definition) is 2. The third-order valence-corrected chi connectivity index (χ3v) is 7.54. The lowest BCUT2D eigenvalue weighted by atomic mass is 9.91. The Bertz CT molecular complexity index is 297. The molecule has 0 aromatic heterocycles. The number of thiocarbonyl (C=S) groups is 1. The van der Waals surface area contributed by atoms with Crippen molar-refractivity contribution in [1.82, 2.24) is 20.0 Å². The average molecular weight is 302 g/mol. The Morgan fingerprint density at radius 1 is 1.21 bits per heavy atom. The van der Waals surface area contributed by atoms with E-state index >= 15 is 0 Å². The van der Waals surface area contributed by atoms with Crippen molar-refractivity contribution in [3.05, 3.63) is 0 Å². The Morgan fingerprint density at radius 3 is 2.32 bits per heavy atom. The first kappa shape index (κ1) is 15.4. The molecule has 0 radical (unpaired) electrons. The second-order valence-electron chi connectivity index (χ2n) is 5.52. The van der Waals surface area contributed by atoms with Gasteiger partial charge in [-0.1, -0.05) is 12.8 Å². The van der Waals surface area contributed by atoms with Gasteiger partial charge in [-0.25, -0.2) is 0 Å². The molecule has 6 heteroatoms. The molecule has 4 nitrogen and oxygen atoms in total. The summed E-state index contributed by atoms with van der Waals surface area (Å²) in [6.45, 7) is 0.982. The largest absolute Gasteiger partial charge is 0.366 e. The zero-order valence-corrected chi connectivity index (χ0v) is 14.1. The van der Waals surface area contributed by atoms with Gasteiger partial charge in [0.2, 0.25) is 0 Å². The first-order valence-corrected chi connectivity index (χ1v) is 9.18. The lowest BCUT2D eigenvalue weighted by Gasteiger charge is -2.29. The van der Waals surface area contributed by atoms with Gasteiger partial charge in [0.25, 0.3) is 0 Å². The number of rotatable bonds is 4. The van der Waals surface area contributed by atoms with E-state index in [0.29, 0.717) is 0 Å². The minimum atomic E-state index is -0.0900. The van der Waals surface area contributed by atoms with E-state index in [4.69, 9.17) is 12.2 Å². The molecule has 0 aromatic carbocycles. The van der Waals surface area contributed by atoms with Gasteiger partial charge < -0.3 is 10.6 Å². The number of nitrogens with zero attached hydrogens (tertiary/aromatic N) is 2. The van der Waals surface area contributed by atoms with Crippen molar-refractivity contribution in [2.45, 2.75) is 44.2 Å². The van der Waals surface area contributed by atoms with Gasteiger partial charge in [-0.05, 0) is 51.7 Å². The van der Waals surface area contributed by atoms with E-state index in [9.17, 15) is 0 Å². The Kier molecular flexibility index (Phi) is 5.82. The van der Waals surface area contributed by atoms with Gasteiger partial charge in [0.05, 0.1) is 0 Å². The summed E-state index contributed by atoms with van der Waals surface area (Å²) in [6, 6.07) is 1.63. The summed E-state index contributed by atoms with van der Waals surface area (Å²) in [5, 5.41) is 6.96. The summed E-state index contributed by atoms with van der Waals surface area (Å²) in [4.78, 5) is 0. The zero-order chi connectivity index (χ0) is 13.8. The summed E-state index contributed by atoms with van der Waals surface area (Å²) in [5.41, 5.74) is 0. The molecule has 2 fully saturated rings. The van der Waals surface area contributed by atoms with Crippen molar-refractivity contribution in [3.63, 3.8) is 0 Å². The fraction of sp³-hybridized carbons (Fsp3) is 0.923. The quantitative estimate of drug-likeness (QED) is 0.471. The minimum Gasteiger partial charge on any atom is -0.366 e. The van der Waals surface area contributed by atoms with Crippen LogP contribution in [-0.2, 0) is 0 Å². The molecule has 1 saturated carbocycles. The van der Waals surface area contributed by atoms with E-state index in [1.54, 1.807) is 0 Å². The molecule has 0 bridgehead atoms. The van der Waals surface area contributed by atoms with Crippen LogP contribution in [0.2, 0.25) is 0 Å². The minimum absolute atomic E-state index is 0.0900. The van der Waals surface area contributed by atoms with E-state index in [1.807, 2.05) is 7.05 Å². The molecule has 2 N–H and O–H groups in total. The molecular weight excluding hydrogens is 275 g/mol. The number of likely N-dealkylation sites (N-methyl/N-ethyl adjacent to an activating group) is 2. The third-order valence-electron chi connectivity index (χ3n) is 4.43. The highest BCUT2D eigenvalue weighted by atomic mass is 32.1. The topological polar surface area (TPSA) is 30.5 Å². The van der Waals surface area contributed by atoms with Crippen molar-refractivity contribution in [2.75, 3.05) is 33.8 Å². The lowest BCUT2D eigenvalue weighted by molar-refractivity contribution is 0.233. The van der Waals surface area contributed by atoms with Gasteiger partial charge in [-0.15, -0.1) is 0 Å². The highest BCUT2D eigenvalue weighted by Crippen LogP contribution is 2.55. The molecule has 0 unspecified atom stereocenters. The van der Waals surface area contributed by atoms with Crippen LogP contribution in [0.5, 0.6) is 0 Å². The van der Waals surface area contributed by atoms with Crippen molar-refractivity contribution < 1.29 is 0 Å². The Morgan fingerprint density at radius 2 is 1.79 bits per heavy atom. The van der Waals surface area contributed by atoms with Gasteiger partial charge in [0, 0.05) is 33.9 Å². The van der Waals surface area contributed by atoms with Crippen LogP contribution in [0.4, 0.5) is 0 Å². The molecule has 1 saturated heterocycles. The molecule has 110 valence electrons. The smallest absolute Gasteiger partial charge is 0.166 e. The van der Waals surface area contributed by atoms with Crippen molar-refractivity contribution in [3.8, 4) is 0 Å². The summed E-state index contributed by atoms with van der Waals surface area (Å²) in [7, 11) is 6.45. The zero-order valence-electron chi connectivity index (χ0n) is 12.4. The van der Waals surface area contributed by atoms with Gasteiger partial charge in [0.15, 0.2) is 5.11 Å². The molecule has 2 atom stereocenters. The van der Waals surface area contributed by atoms with Crippen LogP contribution >= 0.6 is 20.4 Å². The molecule has 2 aliphatic rings. The lowest BCUT2D eigenvalue weighted by Crippen LogP contribution is -2.37. The van der Waals surface area contributed by atoms with E-state index in [-0.39, 0.29) is 8.22 Å². The number of nitrogens with one attached hydrogen (secondary N) is 2. The molecule has 19 heavy (non-hydrogen) atoms. The molecule has 2 rings (SSSR count). The van der Waals surface area contributed by atoms with Gasteiger partial charge in [0.1, 0.15) is 0 Å². The van der Waals surface area contributed by atoms with Crippen molar-refractivity contribution in [1.29, 1.82) is 0 Å². The molecule has 0 spiro atoms. The summed E-state index contributed by atoms with van der Waals surface area (Å²) < 4.78 is 5.35. The average Bonchev–Trinajstić information content (AvgIpc) is 2.68. The molecule has 1 aliphatic carbocycles. The monoisotopic (exact) mass is 302 g/mol. The fourth-order valence-corrected chi connectivity index (χ4v) is 6.20. The van der Waals surface area contributed by atoms with Crippen LogP contribution in [0.1, 0.15) is 32.1 Å². The molecule has 1 aliphatic heterocycles. The predicted octanol–water partition coefficient (Wildman–Crippen LogP) is 1.97. The normalized spacial score (nSPS) is 29.2. The molecule has 0 aromatic rings. The van der Waals surface area contributed by atoms with E-state index < -0.39 is 0 Å². The van der Waals surface area contributed by atoms with Crippen molar-refractivity contribution in [2.24, 2.45) is 0 Å². The second kappa shape index (κ2) is 7.16. The van der Waals surface area contributed by atoms with Gasteiger partial charge >= 0.3 is 0 Å². The molecule has 0 amide bonds. The van der Waals surface area contributed by atoms with Gasteiger partial charge in [-0.3, -0.25) is 9.34 Å². The second-order valence-corrected chi connectivity index (χ2v) is 8.38. The SMILES string of the molecule is CNC(=S)NCCCP1N(C)[C@@H]2CCCC[C@H]2N1C. The summed E-state index contributed by atoms with van der Waals surface area (Å²) in [5.74, 6) is 0. The maximum Gasteiger partial charge on any atom is 0.166 e. The third kappa shape index (κ3) is 3.57. The highest BCUT2D eigenvalue weighted by Gasteiger charge is 2.43. The predicted molar refractivity (Wildman–Crippen MR) is 87.6 cm³/mol.